The number of aryl methyl sites for hydroxylation is 1. The SMILES string of the molecule is CCn1cncc1CNC(=O)c1csc2nc(-c3cccc(OC)c3)cn12. The zero-order valence-corrected chi connectivity index (χ0v) is 15.9. The maximum absolute atomic E-state index is 12.7. The number of amides is 1. The van der Waals surface area contributed by atoms with Crippen LogP contribution in [-0.2, 0) is 13.1 Å². The Bertz CT molecular complexity index is 1090. The van der Waals surface area contributed by atoms with E-state index in [-0.39, 0.29) is 5.91 Å². The van der Waals surface area contributed by atoms with Gasteiger partial charge in [0.1, 0.15) is 11.4 Å². The molecule has 3 aromatic heterocycles. The van der Waals surface area contributed by atoms with Crippen LogP contribution in [0.3, 0.4) is 0 Å². The predicted molar refractivity (Wildman–Crippen MR) is 104 cm³/mol. The van der Waals surface area contributed by atoms with Gasteiger partial charge in [0, 0.05) is 29.9 Å². The van der Waals surface area contributed by atoms with Crippen LogP contribution in [0.25, 0.3) is 16.2 Å². The van der Waals surface area contributed by atoms with E-state index in [0.717, 1.165) is 34.2 Å². The van der Waals surface area contributed by atoms with E-state index in [2.05, 4.69) is 15.3 Å². The van der Waals surface area contributed by atoms with Crippen LogP contribution >= 0.6 is 11.3 Å². The molecule has 1 amide bonds. The van der Waals surface area contributed by atoms with Gasteiger partial charge in [-0.15, -0.1) is 11.3 Å². The van der Waals surface area contributed by atoms with Gasteiger partial charge < -0.3 is 14.6 Å². The first-order chi connectivity index (χ1) is 13.2. The summed E-state index contributed by atoms with van der Waals surface area (Å²) in [6.07, 6.45) is 5.41. The predicted octanol–water partition coefficient (Wildman–Crippen LogP) is 3.22. The summed E-state index contributed by atoms with van der Waals surface area (Å²) in [6, 6.07) is 7.71. The Kier molecular flexibility index (Phi) is 4.64. The summed E-state index contributed by atoms with van der Waals surface area (Å²) in [7, 11) is 1.64. The zero-order valence-electron chi connectivity index (χ0n) is 15.0. The molecule has 3 heterocycles. The van der Waals surface area contributed by atoms with E-state index < -0.39 is 0 Å². The van der Waals surface area contributed by atoms with Gasteiger partial charge in [-0.3, -0.25) is 9.20 Å². The lowest BCUT2D eigenvalue weighted by Crippen LogP contribution is -2.25. The van der Waals surface area contributed by atoms with Crippen molar-refractivity contribution in [2.45, 2.75) is 20.0 Å². The van der Waals surface area contributed by atoms with Crippen molar-refractivity contribution in [1.82, 2.24) is 24.3 Å². The van der Waals surface area contributed by atoms with Gasteiger partial charge in [0.2, 0.25) is 0 Å². The molecule has 138 valence electrons. The quantitative estimate of drug-likeness (QED) is 0.557. The number of hydrogen-bond donors (Lipinski definition) is 1. The minimum Gasteiger partial charge on any atom is -0.497 e. The number of carbonyl (C=O) groups is 1. The highest BCUT2D eigenvalue weighted by molar-refractivity contribution is 7.15. The summed E-state index contributed by atoms with van der Waals surface area (Å²) in [4.78, 5) is 22.2. The molecule has 8 heteroatoms. The molecule has 0 fully saturated rings. The van der Waals surface area contributed by atoms with E-state index in [4.69, 9.17) is 4.74 Å². The monoisotopic (exact) mass is 381 g/mol. The highest BCUT2D eigenvalue weighted by Crippen LogP contribution is 2.26. The minimum absolute atomic E-state index is 0.139. The van der Waals surface area contributed by atoms with Gasteiger partial charge >= 0.3 is 0 Å². The molecule has 0 spiro atoms. The fourth-order valence-electron chi connectivity index (χ4n) is 2.91. The number of nitrogens with zero attached hydrogens (tertiary/aromatic N) is 4. The van der Waals surface area contributed by atoms with Gasteiger partial charge in [0.25, 0.3) is 5.91 Å². The standard InChI is InChI=1S/C19H19N5O2S/c1-3-23-12-20-8-14(23)9-21-18(25)17-11-27-19-22-16(10-24(17)19)13-5-4-6-15(7-13)26-2/h4-8,10-12H,3,9H2,1-2H3,(H,21,25). The van der Waals surface area contributed by atoms with Crippen molar-refractivity contribution in [3.8, 4) is 17.0 Å². The van der Waals surface area contributed by atoms with Crippen LogP contribution < -0.4 is 10.1 Å². The van der Waals surface area contributed by atoms with Crippen molar-refractivity contribution in [2.24, 2.45) is 0 Å². The third-order valence-electron chi connectivity index (χ3n) is 4.38. The molecule has 0 atom stereocenters. The molecule has 0 unspecified atom stereocenters. The molecular weight excluding hydrogens is 362 g/mol. The van der Waals surface area contributed by atoms with Crippen LogP contribution in [0, 0.1) is 0 Å². The average Bonchev–Trinajstić information content (AvgIpc) is 3.41. The summed E-state index contributed by atoms with van der Waals surface area (Å²) >= 11 is 1.44. The summed E-state index contributed by atoms with van der Waals surface area (Å²) in [5.74, 6) is 0.633. The lowest BCUT2D eigenvalue weighted by molar-refractivity contribution is 0.0944. The van der Waals surface area contributed by atoms with Gasteiger partial charge in [-0.05, 0) is 19.1 Å². The van der Waals surface area contributed by atoms with E-state index in [1.54, 1.807) is 19.6 Å². The molecule has 7 nitrogen and oxygen atoms in total. The van der Waals surface area contributed by atoms with E-state index >= 15 is 0 Å². The van der Waals surface area contributed by atoms with Crippen molar-refractivity contribution >= 4 is 22.2 Å². The van der Waals surface area contributed by atoms with E-state index in [9.17, 15) is 4.79 Å². The molecule has 0 saturated heterocycles. The van der Waals surface area contributed by atoms with Crippen LogP contribution in [-0.4, -0.2) is 32.0 Å². The van der Waals surface area contributed by atoms with Gasteiger partial charge in [0.15, 0.2) is 4.96 Å². The van der Waals surface area contributed by atoms with Crippen LogP contribution in [0.1, 0.15) is 23.1 Å². The molecule has 0 saturated carbocycles. The lowest BCUT2D eigenvalue weighted by atomic mass is 10.1. The average molecular weight is 381 g/mol. The first-order valence-corrected chi connectivity index (χ1v) is 9.45. The highest BCUT2D eigenvalue weighted by atomic mass is 32.1. The Balaban J connectivity index is 1.57. The normalized spacial score (nSPS) is 11.0. The number of nitrogens with one attached hydrogen (secondary N) is 1. The van der Waals surface area contributed by atoms with E-state index in [0.29, 0.717) is 12.2 Å². The van der Waals surface area contributed by atoms with Crippen LogP contribution in [0.4, 0.5) is 0 Å². The summed E-state index contributed by atoms with van der Waals surface area (Å²) in [5.41, 5.74) is 3.29. The summed E-state index contributed by atoms with van der Waals surface area (Å²) < 4.78 is 9.10. The second-order valence-corrected chi connectivity index (χ2v) is 6.82. The number of benzene rings is 1. The number of fused-ring (bicyclic) bond motifs is 1. The number of methoxy groups -OCH3 is 1. The largest absolute Gasteiger partial charge is 0.497 e. The Hall–Kier alpha value is -3.13. The van der Waals surface area contributed by atoms with Crippen LogP contribution in [0.5, 0.6) is 5.75 Å². The van der Waals surface area contributed by atoms with Gasteiger partial charge in [-0.2, -0.15) is 0 Å². The number of thiazole rings is 1. The minimum atomic E-state index is -0.139. The van der Waals surface area contributed by atoms with Crippen molar-refractivity contribution in [1.29, 1.82) is 0 Å². The van der Waals surface area contributed by atoms with Gasteiger partial charge in [0.05, 0.1) is 31.4 Å². The molecule has 0 radical (unpaired) electrons. The molecule has 4 rings (SSSR count). The number of aromatic nitrogens is 4. The summed E-state index contributed by atoms with van der Waals surface area (Å²) in [5, 5.41) is 4.78. The number of hydrogen-bond acceptors (Lipinski definition) is 5. The summed E-state index contributed by atoms with van der Waals surface area (Å²) in [6.45, 7) is 3.29. The maximum Gasteiger partial charge on any atom is 0.269 e. The Morgan fingerprint density at radius 3 is 3.07 bits per heavy atom. The second-order valence-electron chi connectivity index (χ2n) is 5.99. The van der Waals surface area contributed by atoms with Crippen molar-refractivity contribution in [2.75, 3.05) is 7.11 Å². The Morgan fingerprint density at radius 1 is 1.37 bits per heavy atom. The molecule has 0 aliphatic carbocycles. The fraction of sp³-hybridized carbons (Fsp3) is 0.211. The maximum atomic E-state index is 12.7. The number of imidazole rings is 2. The second kappa shape index (κ2) is 7.24. The van der Waals surface area contributed by atoms with Crippen LogP contribution in [0.2, 0.25) is 0 Å². The lowest BCUT2D eigenvalue weighted by Gasteiger charge is -2.06. The Labute approximate surface area is 160 Å². The van der Waals surface area contributed by atoms with Crippen molar-refractivity contribution in [3.05, 3.63) is 59.8 Å². The highest BCUT2D eigenvalue weighted by Gasteiger charge is 2.16. The smallest absolute Gasteiger partial charge is 0.269 e. The molecule has 0 aliphatic rings. The third kappa shape index (κ3) is 3.31. The van der Waals surface area contributed by atoms with Gasteiger partial charge in [-0.25, -0.2) is 9.97 Å². The number of ether oxygens (including phenoxy) is 1. The molecule has 4 aromatic rings. The first kappa shape index (κ1) is 17.3. The fourth-order valence-corrected chi connectivity index (χ4v) is 3.76. The Morgan fingerprint density at radius 2 is 2.26 bits per heavy atom. The van der Waals surface area contributed by atoms with Gasteiger partial charge in [-0.1, -0.05) is 12.1 Å². The molecule has 1 aromatic carbocycles. The van der Waals surface area contributed by atoms with Crippen molar-refractivity contribution < 1.29 is 9.53 Å². The molecular formula is C19H19N5O2S. The number of carbonyl (C=O) groups excluding carboxylic acids is 1. The number of rotatable bonds is 6. The van der Waals surface area contributed by atoms with E-state index in [1.165, 1.54) is 11.3 Å². The third-order valence-corrected chi connectivity index (χ3v) is 5.22. The zero-order chi connectivity index (χ0) is 18.8. The molecule has 0 bridgehead atoms. The molecule has 0 aliphatic heterocycles. The van der Waals surface area contributed by atoms with E-state index in [1.807, 2.05) is 51.7 Å². The molecule has 27 heavy (non-hydrogen) atoms. The van der Waals surface area contributed by atoms with Crippen molar-refractivity contribution in [3.63, 3.8) is 0 Å². The topological polar surface area (TPSA) is 73.5 Å². The van der Waals surface area contributed by atoms with Crippen LogP contribution in [0.15, 0.2) is 48.4 Å². The molecule has 1 N–H and O–H groups in total. The first-order valence-electron chi connectivity index (χ1n) is 8.57.